The van der Waals surface area contributed by atoms with E-state index in [-0.39, 0.29) is 18.5 Å². The molecule has 0 aliphatic carbocycles. The number of para-hydroxylation sites is 1. The Morgan fingerprint density at radius 2 is 1.56 bits per heavy atom. The van der Waals surface area contributed by atoms with Gasteiger partial charge in [-0.1, -0.05) is 83.8 Å². The van der Waals surface area contributed by atoms with Crippen molar-refractivity contribution < 1.29 is 19.1 Å². The number of thioether (sulfide) groups is 3. The molecule has 1 N–H and O–H groups in total. The first-order valence-corrected chi connectivity index (χ1v) is 14.3. The van der Waals surface area contributed by atoms with Gasteiger partial charge in [0.2, 0.25) is 0 Å². The molecule has 0 saturated carbocycles. The molecule has 1 unspecified atom stereocenters. The Morgan fingerprint density at radius 3 is 2.28 bits per heavy atom. The lowest BCUT2D eigenvalue weighted by Crippen LogP contribution is -2.40. The summed E-state index contributed by atoms with van der Waals surface area (Å²) >= 11 is 4.51. The third-order valence-corrected chi connectivity index (χ3v) is 10.5. The van der Waals surface area contributed by atoms with Gasteiger partial charge in [0.05, 0.1) is 23.7 Å². The average molecular weight is 538 g/mol. The van der Waals surface area contributed by atoms with Crippen LogP contribution in [-0.2, 0) is 19.1 Å². The molecule has 3 aliphatic rings. The summed E-state index contributed by atoms with van der Waals surface area (Å²) in [6, 6.07) is 18.1. The van der Waals surface area contributed by atoms with Crippen molar-refractivity contribution in [2.24, 2.45) is 0 Å². The Labute approximate surface area is 224 Å². The first kappa shape index (κ1) is 25.1. The Bertz CT molecular complexity index is 1330. The minimum Gasteiger partial charge on any atom is -0.462 e. The predicted octanol–water partition coefficient (Wildman–Crippen LogP) is 6.90. The maximum absolute atomic E-state index is 13.2. The SMILES string of the molecule is CCOC(=O)C1=CC2(SC(C(=O)OCC)=C(c3ccccc3)S2)C2=C(S1)C(C)(C)Nc1ccccc12. The molecule has 36 heavy (non-hydrogen) atoms. The van der Waals surface area contributed by atoms with Gasteiger partial charge in [0.1, 0.15) is 8.98 Å². The zero-order chi connectivity index (χ0) is 25.5. The van der Waals surface area contributed by atoms with Crippen LogP contribution in [0.25, 0.3) is 10.5 Å². The van der Waals surface area contributed by atoms with E-state index in [1.807, 2.05) is 62.4 Å². The van der Waals surface area contributed by atoms with E-state index in [1.165, 1.54) is 23.5 Å². The lowest BCUT2D eigenvalue weighted by Gasteiger charge is -2.44. The quantitative estimate of drug-likeness (QED) is 0.413. The van der Waals surface area contributed by atoms with E-state index < -0.39 is 9.62 Å². The second-order valence-electron chi connectivity index (χ2n) is 8.95. The molecule has 3 heterocycles. The molecular formula is C28H27NO4S3. The van der Waals surface area contributed by atoms with Crippen molar-refractivity contribution in [1.82, 2.24) is 0 Å². The van der Waals surface area contributed by atoms with E-state index in [0.29, 0.717) is 16.4 Å². The largest absolute Gasteiger partial charge is 0.462 e. The maximum atomic E-state index is 13.2. The molecule has 0 radical (unpaired) electrons. The molecule has 2 aromatic carbocycles. The van der Waals surface area contributed by atoms with Crippen LogP contribution in [0.15, 0.2) is 75.4 Å². The molecular weight excluding hydrogens is 511 g/mol. The number of esters is 2. The summed E-state index contributed by atoms with van der Waals surface area (Å²) in [5, 5.41) is 3.65. The summed E-state index contributed by atoms with van der Waals surface area (Å²) in [5.74, 6) is -0.700. The van der Waals surface area contributed by atoms with Crippen LogP contribution in [0.1, 0.15) is 38.8 Å². The number of carbonyl (C=O) groups is 2. The summed E-state index contributed by atoms with van der Waals surface area (Å²) in [6.07, 6.45) is 1.98. The van der Waals surface area contributed by atoms with Crippen LogP contribution in [-0.4, -0.2) is 34.8 Å². The van der Waals surface area contributed by atoms with Gasteiger partial charge in [-0.15, -0.1) is 0 Å². The molecule has 1 atom stereocenters. The summed E-state index contributed by atoms with van der Waals surface area (Å²) in [6.45, 7) is 8.44. The molecule has 186 valence electrons. The number of benzene rings is 2. The number of nitrogens with one attached hydrogen (secondary N) is 1. The third-order valence-electron chi connectivity index (χ3n) is 6.01. The lowest BCUT2D eigenvalue weighted by molar-refractivity contribution is -0.138. The average Bonchev–Trinajstić information content (AvgIpc) is 3.24. The van der Waals surface area contributed by atoms with E-state index in [2.05, 4.69) is 31.3 Å². The molecule has 0 aromatic heterocycles. The molecule has 1 spiro atoms. The maximum Gasteiger partial charge on any atom is 0.345 e. The number of rotatable bonds is 5. The zero-order valence-corrected chi connectivity index (χ0v) is 23.0. The van der Waals surface area contributed by atoms with Crippen LogP contribution in [0.4, 0.5) is 5.69 Å². The summed E-state index contributed by atoms with van der Waals surface area (Å²) in [7, 11) is 0. The highest BCUT2D eigenvalue weighted by molar-refractivity contribution is 8.29. The molecule has 8 heteroatoms. The molecule has 0 fully saturated rings. The molecule has 5 rings (SSSR count). The Hall–Kier alpha value is -2.55. The second-order valence-corrected chi connectivity index (χ2v) is 12.8. The zero-order valence-electron chi connectivity index (χ0n) is 20.5. The molecule has 0 saturated heterocycles. The smallest absolute Gasteiger partial charge is 0.345 e. The van der Waals surface area contributed by atoms with E-state index in [9.17, 15) is 9.59 Å². The highest BCUT2D eigenvalue weighted by atomic mass is 32.2. The van der Waals surface area contributed by atoms with Crippen LogP contribution in [0.3, 0.4) is 0 Å². The number of ether oxygens (including phenoxy) is 2. The van der Waals surface area contributed by atoms with Gasteiger partial charge in [0, 0.05) is 26.6 Å². The van der Waals surface area contributed by atoms with Gasteiger partial charge in [-0.05, 0) is 45.4 Å². The molecule has 3 aliphatic heterocycles. The molecule has 0 bridgehead atoms. The van der Waals surface area contributed by atoms with Gasteiger partial charge in [0.15, 0.2) is 0 Å². The van der Waals surface area contributed by atoms with E-state index in [4.69, 9.17) is 9.47 Å². The monoisotopic (exact) mass is 537 g/mol. The fourth-order valence-electron chi connectivity index (χ4n) is 4.54. The number of hydrogen-bond acceptors (Lipinski definition) is 8. The van der Waals surface area contributed by atoms with Crippen molar-refractivity contribution in [3.63, 3.8) is 0 Å². The van der Waals surface area contributed by atoms with Crippen molar-refractivity contribution in [2.45, 2.75) is 37.3 Å². The minimum absolute atomic E-state index is 0.288. The van der Waals surface area contributed by atoms with Crippen LogP contribution >= 0.6 is 35.3 Å². The number of anilines is 1. The van der Waals surface area contributed by atoms with E-state index in [0.717, 1.165) is 32.2 Å². The van der Waals surface area contributed by atoms with Gasteiger partial charge >= 0.3 is 11.9 Å². The normalized spacial score (nSPS) is 21.9. The number of hydrogen-bond donors (Lipinski definition) is 1. The van der Waals surface area contributed by atoms with Gasteiger partial charge in [-0.25, -0.2) is 9.59 Å². The van der Waals surface area contributed by atoms with Crippen molar-refractivity contribution in [3.8, 4) is 0 Å². The van der Waals surface area contributed by atoms with E-state index in [1.54, 1.807) is 11.8 Å². The van der Waals surface area contributed by atoms with Crippen molar-refractivity contribution >= 4 is 63.4 Å². The lowest BCUT2D eigenvalue weighted by atomic mass is 9.87. The number of fused-ring (bicyclic) bond motifs is 3. The molecule has 2 aromatic rings. The Balaban J connectivity index is 1.74. The Kier molecular flexibility index (Phi) is 6.78. The highest BCUT2D eigenvalue weighted by Crippen LogP contribution is 2.69. The van der Waals surface area contributed by atoms with E-state index >= 15 is 0 Å². The molecule has 0 amide bonds. The minimum atomic E-state index is -0.745. The van der Waals surface area contributed by atoms with Crippen LogP contribution in [0.2, 0.25) is 0 Å². The summed E-state index contributed by atoms with van der Waals surface area (Å²) in [4.78, 5) is 29.3. The fourth-order valence-corrected chi connectivity index (χ4v) is 9.38. The fraction of sp³-hybridized carbons (Fsp3) is 0.286. The summed E-state index contributed by atoms with van der Waals surface area (Å²) < 4.78 is 10.2. The van der Waals surface area contributed by atoms with Gasteiger partial charge < -0.3 is 14.8 Å². The van der Waals surface area contributed by atoms with Gasteiger partial charge in [0.25, 0.3) is 0 Å². The standard InChI is InChI=1S/C28H27NO4S3/c1-5-32-25(30)20-16-28(21-18-14-10-11-15-19(18)29-27(3,4)24(21)34-20)35-22(17-12-8-7-9-13-17)23(36-28)26(31)33-6-2/h7-16,29H,5-6H2,1-4H3. The second kappa shape index (κ2) is 9.72. The first-order valence-electron chi connectivity index (χ1n) is 11.8. The van der Waals surface area contributed by atoms with Crippen LogP contribution in [0, 0.1) is 0 Å². The molecule has 5 nitrogen and oxygen atoms in total. The van der Waals surface area contributed by atoms with Gasteiger partial charge in [-0.3, -0.25) is 0 Å². The van der Waals surface area contributed by atoms with Crippen molar-refractivity contribution in [1.29, 1.82) is 0 Å². The summed E-state index contributed by atoms with van der Waals surface area (Å²) in [5.41, 5.74) is 3.71. The van der Waals surface area contributed by atoms with Crippen molar-refractivity contribution in [2.75, 3.05) is 18.5 Å². The van der Waals surface area contributed by atoms with Gasteiger partial charge in [-0.2, -0.15) is 0 Å². The first-order chi connectivity index (χ1) is 17.3. The van der Waals surface area contributed by atoms with Crippen molar-refractivity contribution in [3.05, 3.63) is 86.5 Å². The van der Waals surface area contributed by atoms with Crippen LogP contribution < -0.4 is 5.32 Å². The van der Waals surface area contributed by atoms with Crippen LogP contribution in [0.5, 0.6) is 0 Å². The Morgan fingerprint density at radius 1 is 0.889 bits per heavy atom. The number of carbonyl (C=O) groups excluding carboxylic acids is 2. The highest BCUT2D eigenvalue weighted by Gasteiger charge is 2.53. The third kappa shape index (κ3) is 4.29. The predicted molar refractivity (Wildman–Crippen MR) is 151 cm³/mol. The topological polar surface area (TPSA) is 64.6 Å².